The Morgan fingerprint density at radius 1 is 1.24 bits per heavy atom. The fourth-order valence-electron chi connectivity index (χ4n) is 5.11. The number of hydrogen-bond acceptors (Lipinski definition) is 6. The van der Waals surface area contributed by atoms with Crippen molar-refractivity contribution in [2.24, 2.45) is 7.05 Å². The van der Waals surface area contributed by atoms with E-state index in [1.54, 1.807) is 29.0 Å². The van der Waals surface area contributed by atoms with Gasteiger partial charge in [0, 0.05) is 44.0 Å². The summed E-state index contributed by atoms with van der Waals surface area (Å²) >= 11 is 0. The van der Waals surface area contributed by atoms with Crippen LogP contribution in [-0.2, 0) is 19.6 Å². The monoisotopic (exact) mass is 522 g/mol. The summed E-state index contributed by atoms with van der Waals surface area (Å²) in [6, 6.07) is 2.88. The Kier molecular flexibility index (Phi) is 4.81. The molecule has 1 aliphatic carbocycles. The van der Waals surface area contributed by atoms with E-state index in [0.717, 1.165) is 24.6 Å². The van der Waals surface area contributed by atoms with Crippen LogP contribution in [0.2, 0.25) is 0 Å². The van der Waals surface area contributed by atoms with Gasteiger partial charge in [0.15, 0.2) is 0 Å². The number of carbonyl (C=O) groups is 1. The van der Waals surface area contributed by atoms with Crippen LogP contribution in [0.3, 0.4) is 0 Å². The molecule has 13 heteroatoms. The number of rotatable bonds is 4. The molecule has 0 bridgehead atoms. The summed E-state index contributed by atoms with van der Waals surface area (Å²) in [6.07, 6.45) is 4.10. The van der Waals surface area contributed by atoms with Gasteiger partial charge in [-0.25, -0.2) is 14.5 Å². The maximum atomic E-state index is 14.1. The van der Waals surface area contributed by atoms with Crippen molar-refractivity contribution in [3.8, 4) is 11.5 Å². The second-order valence-electron chi connectivity index (χ2n) is 9.65. The molecule has 1 unspecified atom stereocenters. The standard InChI is InChI=1S/C25H21F3N8O2/c1-34-11-14(10-31-34)23-32-19(13-4-5-13)22(38-23)24(37)35-8-6-16-20(30-12-29-16)21(35)17-9-18-15(25(26,27)28)3-2-7-36(18)33-17/h2-3,7,9-13,21H,4-6,8H2,1H3,(H,29,30). The average Bonchev–Trinajstić information content (AvgIpc) is 3.29. The van der Waals surface area contributed by atoms with E-state index in [4.69, 9.17) is 4.42 Å². The summed E-state index contributed by atoms with van der Waals surface area (Å²) < 4.78 is 50.0. The summed E-state index contributed by atoms with van der Waals surface area (Å²) in [5.41, 5.74) is 1.98. The molecule has 10 nitrogen and oxygen atoms in total. The van der Waals surface area contributed by atoms with Crippen LogP contribution in [0.15, 0.2) is 47.5 Å². The average molecular weight is 522 g/mol. The minimum atomic E-state index is -4.55. The second kappa shape index (κ2) is 8.04. The number of carbonyl (C=O) groups excluding carboxylic acids is 1. The topological polar surface area (TPSA) is 110 Å². The van der Waals surface area contributed by atoms with E-state index in [9.17, 15) is 18.0 Å². The number of amides is 1. The lowest BCUT2D eigenvalue weighted by Crippen LogP contribution is -2.41. The smallest absolute Gasteiger partial charge is 0.418 e. The maximum Gasteiger partial charge on any atom is 0.418 e. The molecule has 0 saturated heterocycles. The van der Waals surface area contributed by atoms with Gasteiger partial charge in [-0.3, -0.25) is 9.48 Å². The summed E-state index contributed by atoms with van der Waals surface area (Å²) in [7, 11) is 1.78. The van der Waals surface area contributed by atoms with E-state index in [2.05, 4.69) is 25.1 Å². The number of oxazole rings is 1. The van der Waals surface area contributed by atoms with Crippen LogP contribution < -0.4 is 0 Å². The van der Waals surface area contributed by atoms with Crippen LogP contribution in [0.5, 0.6) is 0 Å². The number of nitrogens with one attached hydrogen (secondary N) is 1. The molecule has 1 fully saturated rings. The van der Waals surface area contributed by atoms with Crippen LogP contribution in [-0.4, -0.2) is 51.7 Å². The Balaban J connectivity index is 1.34. The third-order valence-corrected chi connectivity index (χ3v) is 7.06. The van der Waals surface area contributed by atoms with Gasteiger partial charge in [-0.1, -0.05) is 0 Å². The summed E-state index contributed by atoms with van der Waals surface area (Å²) in [5.74, 6) is 0.160. The highest BCUT2D eigenvalue weighted by Crippen LogP contribution is 2.44. The largest absolute Gasteiger partial charge is 0.430 e. The first-order valence-electron chi connectivity index (χ1n) is 12.2. The zero-order valence-electron chi connectivity index (χ0n) is 20.1. The number of halogens is 3. The van der Waals surface area contributed by atoms with Gasteiger partial charge in [0.1, 0.15) is 6.04 Å². The Bertz CT molecular complexity index is 1690. The molecule has 6 heterocycles. The third kappa shape index (κ3) is 3.60. The Hall–Kier alpha value is -4.42. The lowest BCUT2D eigenvalue weighted by atomic mass is 9.98. The number of aromatic amines is 1. The van der Waals surface area contributed by atoms with Crippen molar-refractivity contribution in [2.45, 2.75) is 37.4 Å². The zero-order valence-corrected chi connectivity index (χ0v) is 20.1. The fourth-order valence-corrected chi connectivity index (χ4v) is 5.11. The molecule has 0 spiro atoms. The van der Waals surface area contributed by atoms with Gasteiger partial charge in [0.25, 0.3) is 5.91 Å². The Labute approximate surface area is 213 Å². The molecule has 0 aromatic carbocycles. The van der Waals surface area contributed by atoms with Crippen molar-refractivity contribution in [1.29, 1.82) is 0 Å². The van der Waals surface area contributed by atoms with Crippen molar-refractivity contribution in [3.05, 3.63) is 77.2 Å². The molecule has 194 valence electrons. The van der Waals surface area contributed by atoms with E-state index < -0.39 is 23.7 Å². The van der Waals surface area contributed by atoms with Gasteiger partial charge in [-0.05, 0) is 31.0 Å². The van der Waals surface area contributed by atoms with E-state index in [-0.39, 0.29) is 22.9 Å². The van der Waals surface area contributed by atoms with Crippen LogP contribution in [0.4, 0.5) is 13.2 Å². The molecule has 1 aliphatic heterocycles. The molecule has 1 saturated carbocycles. The van der Waals surface area contributed by atoms with E-state index >= 15 is 0 Å². The molecule has 7 rings (SSSR count). The van der Waals surface area contributed by atoms with Crippen LogP contribution in [0, 0.1) is 0 Å². The lowest BCUT2D eigenvalue weighted by Gasteiger charge is -2.33. The SMILES string of the molecule is Cn1cc(-c2nc(C3CC3)c(C(=O)N3CCc4[nH]cnc4C3c3cc4c(C(F)(F)F)cccn4n3)o2)cn1. The first-order chi connectivity index (χ1) is 18.3. The van der Waals surface area contributed by atoms with Crippen LogP contribution >= 0.6 is 0 Å². The molecule has 5 aromatic heterocycles. The van der Waals surface area contributed by atoms with Gasteiger partial charge < -0.3 is 14.3 Å². The summed E-state index contributed by atoms with van der Waals surface area (Å²) in [4.78, 5) is 27.8. The minimum absolute atomic E-state index is 0.0951. The van der Waals surface area contributed by atoms with Crippen LogP contribution in [0.25, 0.3) is 17.0 Å². The summed E-state index contributed by atoms with van der Waals surface area (Å²) in [5, 5.41) is 8.61. The van der Waals surface area contributed by atoms with Gasteiger partial charge in [-0.15, -0.1) is 0 Å². The first-order valence-corrected chi connectivity index (χ1v) is 12.2. The van der Waals surface area contributed by atoms with Crippen molar-refractivity contribution < 1.29 is 22.4 Å². The molecule has 38 heavy (non-hydrogen) atoms. The highest BCUT2D eigenvalue weighted by Gasteiger charge is 2.42. The van der Waals surface area contributed by atoms with E-state index in [1.165, 1.54) is 29.2 Å². The molecular weight excluding hydrogens is 501 g/mol. The summed E-state index contributed by atoms with van der Waals surface area (Å²) in [6.45, 7) is 0.297. The number of alkyl halides is 3. The number of hydrogen-bond donors (Lipinski definition) is 1. The van der Waals surface area contributed by atoms with Gasteiger partial charge >= 0.3 is 6.18 Å². The Morgan fingerprint density at radius 2 is 2.08 bits per heavy atom. The number of H-pyrrole nitrogens is 1. The molecule has 5 aromatic rings. The second-order valence-corrected chi connectivity index (χ2v) is 9.65. The van der Waals surface area contributed by atoms with Crippen molar-refractivity contribution in [1.82, 2.24) is 39.2 Å². The predicted octanol–water partition coefficient (Wildman–Crippen LogP) is 4.13. The number of nitrogens with zero attached hydrogens (tertiary/aromatic N) is 7. The van der Waals surface area contributed by atoms with Crippen molar-refractivity contribution in [2.75, 3.05) is 6.54 Å². The van der Waals surface area contributed by atoms with Crippen LogP contribution in [0.1, 0.15) is 63.7 Å². The molecule has 1 N–H and O–H groups in total. The van der Waals surface area contributed by atoms with E-state index in [0.29, 0.717) is 35.8 Å². The first kappa shape index (κ1) is 22.8. The molecule has 2 aliphatic rings. The lowest BCUT2D eigenvalue weighted by molar-refractivity contribution is -0.136. The predicted molar refractivity (Wildman–Crippen MR) is 126 cm³/mol. The van der Waals surface area contributed by atoms with Crippen molar-refractivity contribution in [3.63, 3.8) is 0 Å². The highest BCUT2D eigenvalue weighted by molar-refractivity contribution is 5.94. The zero-order chi connectivity index (χ0) is 26.2. The van der Waals surface area contributed by atoms with E-state index in [1.807, 2.05) is 0 Å². The number of imidazole rings is 1. The molecular formula is C25H21F3N8O2. The number of pyridine rings is 1. The highest BCUT2D eigenvalue weighted by atomic mass is 19.4. The Morgan fingerprint density at radius 3 is 2.82 bits per heavy atom. The molecule has 1 atom stereocenters. The molecule has 0 radical (unpaired) electrons. The normalized spacial score (nSPS) is 17.8. The van der Waals surface area contributed by atoms with Gasteiger partial charge in [-0.2, -0.15) is 23.4 Å². The number of aromatic nitrogens is 7. The quantitative estimate of drug-likeness (QED) is 0.380. The maximum absolute atomic E-state index is 14.1. The third-order valence-electron chi connectivity index (χ3n) is 7.06. The van der Waals surface area contributed by atoms with Gasteiger partial charge in [0.05, 0.1) is 46.2 Å². The minimum Gasteiger partial charge on any atom is -0.430 e. The molecule has 1 amide bonds. The van der Waals surface area contributed by atoms with Gasteiger partial charge in [0.2, 0.25) is 11.7 Å². The van der Waals surface area contributed by atoms with Crippen molar-refractivity contribution >= 4 is 11.4 Å². The number of fused-ring (bicyclic) bond motifs is 2. The number of aryl methyl sites for hydroxylation is 1. The fraction of sp³-hybridized carbons (Fsp3) is 0.320.